The van der Waals surface area contributed by atoms with Gasteiger partial charge >= 0.3 is 7.82 Å². The van der Waals surface area contributed by atoms with Gasteiger partial charge in [-0.15, -0.1) is 0 Å². The van der Waals surface area contributed by atoms with Crippen LogP contribution >= 0.6 is 7.82 Å². The van der Waals surface area contributed by atoms with E-state index in [0.29, 0.717) is 0 Å². The van der Waals surface area contributed by atoms with Gasteiger partial charge in [0.1, 0.15) is 17.5 Å². The van der Waals surface area contributed by atoms with Gasteiger partial charge in [0, 0.05) is 74.6 Å². The van der Waals surface area contributed by atoms with Crippen LogP contribution < -0.4 is 0 Å². The number of rotatable bonds is 9. The summed E-state index contributed by atoms with van der Waals surface area (Å²) in [6.07, 6.45) is 18.8. The smallest absolute Gasteiger partial charge is 0.338 e. The molecular weight excluding hydrogens is 539 g/mol. The fraction of sp³-hybridized carbons (Fsp3) is 0.700. The van der Waals surface area contributed by atoms with E-state index in [2.05, 4.69) is 112 Å². The monoisotopic (exact) mass is 596 g/mol. The van der Waals surface area contributed by atoms with Crippen LogP contribution in [0, 0.1) is 0 Å². The number of phosphoric acid groups is 1. The second-order valence-corrected chi connectivity index (χ2v) is 13.5. The van der Waals surface area contributed by atoms with Crippen LogP contribution in [0.2, 0.25) is 0 Å². The Bertz CT molecular complexity index is 1040. The van der Waals surface area contributed by atoms with Crippen LogP contribution in [-0.2, 0) is 42.0 Å². The molecule has 0 bridgehead atoms. The predicted octanol–water partition coefficient (Wildman–Crippen LogP) is 6.56. The first-order valence-electron chi connectivity index (χ1n) is 14.4. The number of aromatic nitrogens is 6. The van der Waals surface area contributed by atoms with Crippen molar-refractivity contribution < 1.29 is 19.2 Å². The summed E-state index contributed by atoms with van der Waals surface area (Å²) in [7, 11) is 1.53. The van der Waals surface area contributed by atoms with Crippen molar-refractivity contribution in [3.8, 4) is 0 Å². The van der Waals surface area contributed by atoms with Crippen molar-refractivity contribution in [1.82, 2.24) is 28.7 Å². The molecule has 10 nitrogen and oxygen atoms in total. The van der Waals surface area contributed by atoms with Crippen LogP contribution in [0.3, 0.4) is 0 Å². The Kier molecular flexibility index (Phi) is 16.1. The highest BCUT2D eigenvalue weighted by Crippen LogP contribution is 2.28. The normalized spacial score (nSPS) is 12.0. The average Bonchev–Trinajstić information content (AvgIpc) is 3.55. The fourth-order valence-electron chi connectivity index (χ4n) is 5.26. The number of nitrogens with zero attached hydrogens (tertiary/aromatic N) is 6. The van der Waals surface area contributed by atoms with Gasteiger partial charge in [-0.1, -0.05) is 81.6 Å². The van der Waals surface area contributed by atoms with Crippen LogP contribution in [0.5, 0.6) is 0 Å². The van der Waals surface area contributed by atoms with Gasteiger partial charge in [-0.05, 0) is 19.3 Å². The first-order chi connectivity index (χ1) is 18.7. The maximum absolute atomic E-state index is 8.88. The molecule has 0 aliphatic heterocycles. The maximum Gasteiger partial charge on any atom is 0.466 e. The van der Waals surface area contributed by atoms with Crippen molar-refractivity contribution in [1.29, 1.82) is 0 Å². The van der Waals surface area contributed by atoms with Crippen molar-refractivity contribution in [2.24, 2.45) is 21.1 Å². The van der Waals surface area contributed by atoms with Crippen molar-refractivity contribution >= 4 is 7.82 Å². The van der Waals surface area contributed by atoms with Crippen LogP contribution in [0.1, 0.15) is 118 Å². The summed E-state index contributed by atoms with van der Waals surface area (Å²) in [5.41, 5.74) is 0.646. The standard InChI is InChI=1S/3C10H18N2.H3O4P/c3*1-5-6-10(2,3)9-11-7-8-12(9)4;1-5(2,3)4/h3*7-8H,5-6H2,1-4H3;(H3,1,2,3,4). The topological polar surface area (TPSA) is 131 Å². The first kappa shape index (κ1) is 38.7. The number of aryl methyl sites for hydroxylation is 3. The Labute approximate surface area is 248 Å². The zero-order valence-electron chi connectivity index (χ0n) is 27.6. The highest BCUT2D eigenvalue weighted by atomic mass is 31.2. The average molecular weight is 597 g/mol. The maximum atomic E-state index is 8.88. The lowest BCUT2D eigenvalue weighted by molar-refractivity contribution is 0.275. The minimum Gasteiger partial charge on any atom is -0.338 e. The molecule has 11 heteroatoms. The van der Waals surface area contributed by atoms with Gasteiger partial charge in [-0.3, -0.25) is 0 Å². The van der Waals surface area contributed by atoms with Gasteiger partial charge in [0.15, 0.2) is 0 Å². The van der Waals surface area contributed by atoms with Crippen molar-refractivity contribution in [3.63, 3.8) is 0 Å². The van der Waals surface area contributed by atoms with E-state index in [4.69, 9.17) is 19.2 Å². The van der Waals surface area contributed by atoms with E-state index in [0.717, 1.165) is 0 Å². The minimum absolute atomic E-state index is 0.215. The van der Waals surface area contributed by atoms with E-state index in [1.165, 1.54) is 56.0 Å². The van der Waals surface area contributed by atoms with E-state index in [1.807, 2.05) is 37.2 Å². The van der Waals surface area contributed by atoms with Crippen molar-refractivity contribution in [2.45, 2.75) is 117 Å². The Morgan fingerprint density at radius 2 is 0.780 bits per heavy atom. The number of hydrogen-bond donors (Lipinski definition) is 3. The molecule has 0 radical (unpaired) electrons. The molecule has 236 valence electrons. The SMILES string of the molecule is CCCC(C)(C)c1nccn1C.CCCC(C)(C)c1nccn1C.CCCC(C)(C)c1nccn1C.O=P(O)(O)O. The van der Waals surface area contributed by atoms with Crippen LogP contribution in [0.15, 0.2) is 37.2 Å². The molecular formula is C30H57N6O4P. The lowest BCUT2D eigenvalue weighted by atomic mass is 9.87. The van der Waals surface area contributed by atoms with Crippen LogP contribution in [0.4, 0.5) is 0 Å². The quantitative estimate of drug-likeness (QED) is 0.238. The molecule has 0 saturated carbocycles. The molecule has 41 heavy (non-hydrogen) atoms. The Hall–Kier alpha value is -2.26. The molecule has 0 unspecified atom stereocenters. The molecule has 3 aromatic heterocycles. The Morgan fingerprint density at radius 3 is 0.902 bits per heavy atom. The van der Waals surface area contributed by atoms with E-state index in [-0.39, 0.29) is 16.2 Å². The lowest BCUT2D eigenvalue weighted by Crippen LogP contribution is -2.21. The molecule has 0 fully saturated rings. The van der Waals surface area contributed by atoms with Gasteiger partial charge < -0.3 is 28.4 Å². The molecule has 3 N–H and O–H groups in total. The molecule has 3 aromatic rings. The molecule has 3 heterocycles. The van der Waals surface area contributed by atoms with E-state index < -0.39 is 7.82 Å². The predicted molar refractivity (Wildman–Crippen MR) is 168 cm³/mol. The molecule has 0 atom stereocenters. The summed E-state index contributed by atoms with van der Waals surface area (Å²) in [5, 5.41) is 0. The van der Waals surface area contributed by atoms with E-state index in [9.17, 15) is 0 Å². The summed E-state index contributed by atoms with van der Waals surface area (Å²) in [6, 6.07) is 0. The van der Waals surface area contributed by atoms with Gasteiger partial charge in [0.25, 0.3) is 0 Å². The minimum atomic E-state index is -4.64. The van der Waals surface area contributed by atoms with Gasteiger partial charge in [-0.2, -0.15) is 0 Å². The highest BCUT2D eigenvalue weighted by Gasteiger charge is 2.24. The Morgan fingerprint density at radius 1 is 0.585 bits per heavy atom. The van der Waals surface area contributed by atoms with Crippen molar-refractivity contribution in [2.75, 3.05) is 0 Å². The fourth-order valence-corrected chi connectivity index (χ4v) is 5.26. The van der Waals surface area contributed by atoms with Crippen molar-refractivity contribution in [3.05, 3.63) is 54.7 Å². The second-order valence-electron chi connectivity index (χ2n) is 12.5. The summed E-state index contributed by atoms with van der Waals surface area (Å²) >= 11 is 0. The van der Waals surface area contributed by atoms with Gasteiger partial charge in [-0.25, -0.2) is 19.5 Å². The molecule has 3 rings (SSSR count). The lowest BCUT2D eigenvalue weighted by Gasteiger charge is -2.23. The molecule has 0 saturated heterocycles. The summed E-state index contributed by atoms with van der Waals surface area (Å²) < 4.78 is 15.2. The summed E-state index contributed by atoms with van der Waals surface area (Å²) in [5.74, 6) is 3.55. The molecule has 0 aliphatic carbocycles. The van der Waals surface area contributed by atoms with Gasteiger partial charge in [0.05, 0.1) is 0 Å². The molecule has 0 aromatic carbocycles. The summed E-state index contributed by atoms with van der Waals surface area (Å²) in [4.78, 5) is 34.7. The van der Waals surface area contributed by atoms with E-state index >= 15 is 0 Å². The first-order valence-corrected chi connectivity index (χ1v) is 16.0. The number of hydrogen-bond acceptors (Lipinski definition) is 4. The van der Waals surface area contributed by atoms with Crippen LogP contribution in [-0.4, -0.2) is 43.3 Å². The largest absolute Gasteiger partial charge is 0.466 e. The third-order valence-electron chi connectivity index (χ3n) is 6.90. The summed E-state index contributed by atoms with van der Waals surface area (Å²) in [6.45, 7) is 20.1. The zero-order valence-corrected chi connectivity index (χ0v) is 28.5. The number of imidazole rings is 3. The zero-order chi connectivity index (χ0) is 32.1. The molecule has 0 spiro atoms. The molecule has 0 aliphatic rings. The van der Waals surface area contributed by atoms with Gasteiger partial charge in [0.2, 0.25) is 0 Å². The third-order valence-corrected chi connectivity index (χ3v) is 6.90. The second kappa shape index (κ2) is 17.0. The third kappa shape index (κ3) is 14.5. The Balaban J connectivity index is 0.000000541. The van der Waals surface area contributed by atoms with E-state index in [1.54, 1.807) is 0 Å². The molecule has 0 amide bonds. The highest BCUT2D eigenvalue weighted by molar-refractivity contribution is 7.45. The van der Waals surface area contributed by atoms with Crippen LogP contribution in [0.25, 0.3) is 0 Å².